The number of halogens is 1. The van der Waals surface area contributed by atoms with Gasteiger partial charge in [0.25, 0.3) is 0 Å². The average Bonchev–Trinajstić information content (AvgIpc) is 3.40. The Kier molecular flexibility index (Phi) is 9.08. The number of carbonyl (C=O) groups is 1. The predicted molar refractivity (Wildman–Crippen MR) is 175 cm³/mol. The number of aromatic carboxylic acids is 1. The van der Waals surface area contributed by atoms with Crippen LogP contribution in [0, 0.1) is 0 Å². The molecule has 47 heavy (non-hydrogen) atoms. The Morgan fingerprint density at radius 1 is 1.00 bits per heavy atom. The van der Waals surface area contributed by atoms with Crippen LogP contribution in [0.5, 0.6) is 11.6 Å². The molecule has 7 rings (SSSR count). The third kappa shape index (κ3) is 6.82. The van der Waals surface area contributed by atoms with Crippen LogP contribution >= 0.6 is 11.6 Å². The van der Waals surface area contributed by atoms with Gasteiger partial charge in [0.05, 0.1) is 49.2 Å². The van der Waals surface area contributed by atoms with Gasteiger partial charge in [-0.2, -0.15) is 0 Å². The van der Waals surface area contributed by atoms with Crippen molar-refractivity contribution in [1.29, 1.82) is 0 Å². The standard InChI is InChI=1S/C36H34ClN3O7/c37-28-7-6-25-21-47-34-3-1-2-30(38-34)24-5-4-22(27(14-24)20-44-11-8-23(25)15-28)18-33-39-35-31(40(33)19-29-9-12-45-29)16-26(36(42)43)17-32(35)46-13-10-41/h1-7,14-17,29,41H,8-13,18-21H2,(H,42,43). The molecule has 0 saturated carbocycles. The van der Waals surface area contributed by atoms with Crippen molar-refractivity contribution < 1.29 is 34.0 Å². The van der Waals surface area contributed by atoms with E-state index in [-0.39, 0.29) is 24.9 Å². The van der Waals surface area contributed by atoms with Gasteiger partial charge in [-0.3, -0.25) is 0 Å². The van der Waals surface area contributed by atoms with Gasteiger partial charge in [-0.15, -0.1) is 0 Å². The zero-order valence-electron chi connectivity index (χ0n) is 25.7. The van der Waals surface area contributed by atoms with E-state index < -0.39 is 5.97 Å². The Labute approximate surface area is 276 Å². The van der Waals surface area contributed by atoms with Gasteiger partial charge in [-0.25, -0.2) is 14.8 Å². The second-order valence-corrected chi connectivity index (χ2v) is 12.1. The molecule has 242 valence electrons. The molecule has 0 amide bonds. The maximum atomic E-state index is 12.0. The summed E-state index contributed by atoms with van der Waals surface area (Å²) in [6, 6.07) is 20.8. The summed E-state index contributed by atoms with van der Waals surface area (Å²) < 4.78 is 26.0. The number of imidazole rings is 1. The molecule has 4 heterocycles. The predicted octanol–water partition coefficient (Wildman–Crippen LogP) is 5.85. The molecule has 1 atom stereocenters. The van der Waals surface area contributed by atoms with Crippen molar-refractivity contribution in [3.8, 4) is 22.9 Å². The number of pyridine rings is 1. The summed E-state index contributed by atoms with van der Waals surface area (Å²) in [6.45, 7) is 2.26. The summed E-state index contributed by atoms with van der Waals surface area (Å²) >= 11 is 6.33. The lowest BCUT2D eigenvalue weighted by Crippen LogP contribution is -2.31. The lowest BCUT2D eigenvalue weighted by atomic mass is 9.99. The van der Waals surface area contributed by atoms with Crippen LogP contribution in [0.25, 0.3) is 22.3 Å². The molecule has 1 saturated heterocycles. The van der Waals surface area contributed by atoms with E-state index in [1.165, 1.54) is 6.07 Å². The quantitative estimate of drug-likeness (QED) is 0.212. The maximum absolute atomic E-state index is 12.0. The van der Waals surface area contributed by atoms with Gasteiger partial charge >= 0.3 is 5.97 Å². The Morgan fingerprint density at radius 3 is 2.70 bits per heavy atom. The number of benzene rings is 3. The van der Waals surface area contributed by atoms with Gasteiger partial charge in [0.2, 0.25) is 5.88 Å². The summed E-state index contributed by atoms with van der Waals surface area (Å²) in [7, 11) is 0. The van der Waals surface area contributed by atoms with Crippen LogP contribution in [0.3, 0.4) is 0 Å². The van der Waals surface area contributed by atoms with Gasteiger partial charge in [-0.1, -0.05) is 35.9 Å². The van der Waals surface area contributed by atoms with Gasteiger partial charge < -0.3 is 33.7 Å². The highest BCUT2D eigenvalue weighted by Gasteiger charge is 2.25. The third-order valence-corrected chi connectivity index (χ3v) is 8.80. The molecule has 1 fully saturated rings. The summed E-state index contributed by atoms with van der Waals surface area (Å²) in [6.07, 6.45) is 2.03. The molecule has 2 N–H and O–H groups in total. The van der Waals surface area contributed by atoms with Crippen molar-refractivity contribution in [3.05, 3.63) is 105 Å². The number of carboxylic acid groups (broad SMARTS) is 1. The smallest absolute Gasteiger partial charge is 0.335 e. The Balaban J connectivity index is 1.28. The first-order chi connectivity index (χ1) is 22.9. The van der Waals surface area contributed by atoms with Crippen molar-refractivity contribution in [2.75, 3.05) is 26.4 Å². The van der Waals surface area contributed by atoms with Crippen LogP contribution in [-0.4, -0.2) is 63.2 Å². The van der Waals surface area contributed by atoms with Crippen molar-refractivity contribution >= 4 is 28.6 Å². The van der Waals surface area contributed by atoms with E-state index in [4.69, 9.17) is 40.5 Å². The van der Waals surface area contributed by atoms with Gasteiger partial charge in [0.15, 0.2) is 0 Å². The van der Waals surface area contributed by atoms with Gasteiger partial charge in [0.1, 0.15) is 30.3 Å². The molecule has 0 aliphatic carbocycles. The van der Waals surface area contributed by atoms with Crippen LogP contribution in [0.2, 0.25) is 5.02 Å². The second kappa shape index (κ2) is 13.7. The van der Waals surface area contributed by atoms with E-state index in [0.29, 0.717) is 73.5 Å². The number of aromatic nitrogens is 3. The molecule has 1 unspecified atom stereocenters. The molecule has 11 heteroatoms. The molecule has 5 aromatic rings. The number of fused-ring (bicyclic) bond motifs is 7. The monoisotopic (exact) mass is 655 g/mol. The van der Waals surface area contributed by atoms with E-state index in [2.05, 4.69) is 12.1 Å². The number of aliphatic hydroxyl groups excluding tert-OH is 1. The SMILES string of the molecule is O=C(O)c1cc(OCCO)c2nc(Cc3ccc4cc3COCCc3cc(Cl)ccc3COc3cccc-4n3)n(CC3CCO3)c2c1. The average molecular weight is 656 g/mol. The van der Waals surface area contributed by atoms with Crippen molar-refractivity contribution in [3.63, 3.8) is 0 Å². The molecule has 2 aliphatic heterocycles. The highest BCUT2D eigenvalue weighted by molar-refractivity contribution is 6.30. The normalized spacial score (nSPS) is 16.1. The van der Waals surface area contributed by atoms with Crippen molar-refractivity contribution in [2.24, 2.45) is 0 Å². The number of hydrogen-bond donors (Lipinski definition) is 2. The number of carboxylic acids is 1. The van der Waals surface area contributed by atoms with Crippen LogP contribution < -0.4 is 9.47 Å². The molecule has 3 aromatic carbocycles. The van der Waals surface area contributed by atoms with E-state index in [1.54, 1.807) is 6.07 Å². The largest absolute Gasteiger partial charge is 0.489 e. The van der Waals surface area contributed by atoms with Crippen LogP contribution in [-0.2, 0) is 42.1 Å². The minimum absolute atomic E-state index is 0.00198. The number of rotatable bonds is 8. The number of nitrogens with zero attached hydrogens (tertiary/aromatic N) is 3. The van der Waals surface area contributed by atoms with E-state index in [1.807, 2.05) is 47.0 Å². The molecular formula is C36H34ClN3O7. The lowest BCUT2D eigenvalue weighted by Gasteiger charge is -2.27. The van der Waals surface area contributed by atoms with Crippen LogP contribution in [0.4, 0.5) is 0 Å². The second-order valence-electron chi connectivity index (χ2n) is 11.7. The number of hydrogen-bond acceptors (Lipinski definition) is 8. The van der Waals surface area contributed by atoms with Crippen LogP contribution in [0.1, 0.15) is 44.9 Å². The third-order valence-electron chi connectivity index (χ3n) is 8.56. The fourth-order valence-electron chi connectivity index (χ4n) is 6.00. The first-order valence-electron chi connectivity index (χ1n) is 15.6. The van der Waals surface area contributed by atoms with Crippen molar-refractivity contribution in [2.45, 2.75) is 45.1 Å². The number of ether oxygens (including phenoxy) is 4. The fraction of sp³-hybridized carbons (Fsp3) is 0.306. The summed E-state index contributed by atoms with van der Waals surface area (Å²) in [5, 5.41) is 19.9. The van der Waals surface area contributed by atoms with E-state index >= 15 is 0 Å². The topological polar surface area (TPSA) is 125 Å². The van der Waals surface area contributed by atoms with Crippen molar-refractivity contribution in [1.82, 2.24) is 14.5 Å². The molecular weight excluding hydrogens is 622 g/mol. The van der Waals surface area contributed by atoms with Crippen LogP contribution in [0.15, 0.2) is 66.7 Å². The molecule has 0 spiro atoms. The summed E-state index contributed by atoms with van der Waals surface area (Å²) in [5.41, 5.74) is 7.08. The molecule has 0 radical (unpaired) electrons. The Hall–Kier alpha value is -4.48. The Bertz CT molecular complexity index is 1940. The molecule has 10 nitrogen and oxygen atoms in total. The first kappa shape index (κ1) is 31.1. The highest BCUT2D eigenvalue weighted by atomic mass is 35.5. The minimum Gasteiger partial charge on any atom is -0.489 e. The fourth-order valence-corrected chi connectivity index (χ4v) is 6.20. The lowest BCUT2D eigenvalue weighted by molar-refractivity contribution is -0.0589. The van der Waals surface area contributed by atoms with Gasteiger partial charge in [-0.05, 0) is 71.5 Å². The zero-order chi connectivity index (χ0) is 32.3. The summed E-state index contributed by atoms with van der Waals surface area (Å²) in [4.78, 5) is 21.8. The van der Waals surface area contributed by atoms with E-state index in [0.717, 1.165) is 45.8 Å². The zero-order valence-corrected chi connectivity index (χ0v) is 26.4. The highest BCUT2D eigenvalue weighted by Crippen LogP contribution is 2.32. The maximum Gasteiger partial charge on any atom is 0.335 e. The van der Waals surface area contributed by atoms with E-state index in [9.17, 15) is 15.0 Å². The first-order valence-corrected chi connectivity index (χ1v) is 16.0. The Morgan fingerprint density at radius 2 is 1.89 bits per heavy atom. The molecule has 2 aliphatic rings. The molecule has 2 aromatic heterocycles. The minimum atomic E-state index is -1.07. The summed E-state index contributed by atoms with van der Waals surface area (Å²) in [5.74, 6) is 0.525. The van der Waals surface area contributed by atoms with Gasteiger partial charge in [0, 0.05) is 29.7 Å². The number of aliphatic hydroxyl groups is 1. The molecule has 4 bridgehead atoms.